The molecular weight excluding hydrogens is 402 g/mol. The zero-order valence-corrected chi connectivity index (χ0v) is 16.4. The summed E-state index contributed by atoms with van der Waals surface area (Å²) in [7, 11) is 0. The Morgan fingerprint density at radius 1 is 1.42 bits per heavy atom. The molecule has 1 saturated heterocycles. The molecule has 0 radical (unpaired) electrons. The van der Waals surface area contributed by atoms with Crippen molar-refractivity contribution in [2.45, 2.75) is 38.8 Å². The second-order valence-corrected chi connectivity index (χ2v) is 7.89. The van der Waals surface area contributed by atoms with E-state index in [1.165, 1.54) is 4.90 Å². The number of hydrogen-bond donors (Lipinski definition) is 2. The maximum absolute atomic E-state index is 12.7. The fourth-order valence-corrected chi connectivity index (χ4v) is 3.70. The Morgan fingerprint density at radius 2 is 2.12 bits per heavy atom. The van der Waals surface area contributed by atoms with Gasteiger partial charge < -0.3 is 15.3 Å². The molecule has 1 saturated carbocycles. The standard InChI is InChI=1S/C18H22BrN3O4/c1-3-21(9-11-8-13(19)6-7-14(11)23)15(24)10-22-16(25)18(2,12-4-5-12)20-17(22)26/h6-8,12,23H,3-5,9-10H2,1-2H3,(H,20,26)/t18-/m1/s1. The third-order valence-electron chi connectivity index (χ3n) is 5.13. The van der Waals surface area contributed by atoms with Crippen molar-refractivity contribution >= 4 is 33.8 Å². The first-order valence-corrected chi connectivity index (χ1v) is 9.44. The van der Waals surface area contributed by atoms with Crippen LogP contribution in [-0.4, -0.2) is 51.4 Å². The smallest absolute Gasteiger partial charge is 0.325 e. The average Bonchev–Trinajstić information content (AvgIpc) is 3.41. The highest BCUT2D eigenvalue weighted by atomic mass is 79.9. The van der Waals surface area contributed by atoms with E-state index < -0.39 is 11.6 Å². The molecule has 4 amide bonds. The number of aromatic hydroxyl groups is 1. The van der Waals surface area contributed by atoms with Crippen LogP contribution in [0.4, 0.5) is 4.79 Å². The van der Waals surface area contributed by atoms with Crippen molar-refractivity contribution in [3.63, 3.8) is 0 Å². The highest BCUT2D eigenvalue weighted by molar-refractivity contribution is 9.10. The summed E-state index contributed by atoms with van der Waals surface area (Å²) < 4.78 is 0.795. The molecule has 7 nitrogen and oxygen atoms in total. The third-order valence-corrected chi connectivity index (χ3v) is 5.62. The number of halogens is 1. The van der Waals surface area contributed by atoms with Crippen LogP contribution in [0.3, 0.4) is 0 Å². The fraction of sp³-hybridized carbons (Fsp3) is 0.500. The van der Waals surface area contributed by atoms with E-state index >= 15 is 0 Å². The van der Waals surface area contributed by atoms with E-state index in [9.17, 15) is 19.5 Å². The number of nitrogens with zero attached hydrogens (tertiary/aromatic N) is 2. The van der Waals surface area contributed by atoms with Gasteiger partial charge >= 0.3 is 6.03 Å². The molecule has 1 atom stereocenters. The molecule has 8 heteroatoms. The largest absolute Gasteiger partial charge is 0.508 e. The van der Waals surface area contributed by atoms with Crippen LogP contribution in [0.1, 0.15) is 32.3 Å². The second kappa shape index (κ2) is 6.90. The van der Waals surface area contributed by atoms with Gasteiger partial charge in [-0.25, -0.2) is 4.79 Å². The minimum atomic E-state index is -0.892. The summed E-state index contributed by atoms with van der Waals surface area (Å²) in [6.07, 6.45) is 1.82. The highest BCUT2D eigenvalue weighted by Crippen LogP contribution is 2.42. The molecule has 0 aromatic heterocycles. The van der Waals surface area contributed by atoms with Crippen LogP contribution >= 0.6 is 15.9 Å². The van der Waals surface area contributed by atoms with Gasteiger partial charge in [-0.2, -0.15) is 0 Å². The predicted octanol–water partition coefficient (Wildman–Crippen LogP) is 2.22. The topological polar surface area (TPSA) is 89.9 Å². The lowest BCUT2D eigenvalue weighted by molar-refractivity contribution is -0.139. The Balaban J connectivity index is 1.70. The second-order valence-electron chi connectivity index (χ2n) is 6.98. The number of carbonyl (C=O) groups is 3. The number of amides is 4. The first-order valence-electron chi connectivity index (χ1n) is 8.65. The quantitative estimate of drug-likeness (QED) is 0.686. The highest BCUT2D eigenvalue weighted by Gasteiger charge is 2.56. The van der Waals surface area contributed by atoms with Crippen LogP contribution in [0.15, 0.2) is 22.7 Å². The van der Waals surface area contributed by atoms with Crippen molar-refractivity contribution < 1.29 is 19.5 Å². The Morgan fingerprint density at radius 3 is 2.73 bits per heavy atom. The van der Waals surface area contributed by atoms with E-state index in [1.54, 1.807) is 25.1 Å². The normalized spacial score (nSPS) is 22.5. The summed E-state index contributed by atoms with van der Waals surface area (Å²) in [5, 5.41) is 12.7. The van der Waals surface area contributed by atoms with E-state index in [4.69, 9.17) is 0 Å². The summed E-state index contributed by atoms with van der Waals surface area (Å²) in [6.45, 7) is 3.84. The summed E-state index contributed by atoms with van der Waals surface area (Å²) in [6, 6.07) is 4.49. The van der Waals surface area contributed by atoms with Crippen molar-refractivity contribution in [1.82, 2.24) is 15.1 Å². The van der Waals surface area contributed by atoms with Gasteiger partial charge in [0, 0.05) is 23.1 Å². The van der Waals surface area contributed by atoms with Crippen molar-refractivity contribution in [2.24, 2.45) is 5.92 Å². The summed E-state index contributed by atoms with van der Waals surface area (Å²) in [5.41, 5.74) is -0.300. The molecule has 3 rings (SSSR count). The first-order chi connectivity index (χ1) is 12.3. The molecule has 1 heterocycles. The number of imide groups is 1. The van der Waals surface area contributed by atoms with Gasteiger partial charge in [0.1, 0.15) is 17.8 Å². The third kappa shape index (κ3) is 3.42. The number of phenols is 1. The van der Waals surface area contributed by atoms with Gasteiger partial charge in [-0.05, 0) is 50.8 Å². The first kappa shape index (κ1) is 18.7. The van der Waals surface area contributed by atoms with Gasteiger partial charge in [0.2, 0.25) is 5.91 Å². The molecule has 1 aromatic rings. The molecule has 1 aliphatic heterocycles. The van der Waals surface area contributed by atoms with E-state index in [1.807, 2.05) is 6.92 Å². The molecule has 0 bridgehead atoms. The van der Waals surface area contributed by atoms with Gasteiger partial charge in [0.15, 0.2) is 0 Å². The maximum Gasteiger partial charge on any atom is 0.325 e. The van der Waals surface area contributed by atoms with E-state index in [0.717, 1.165) is 22.2 Å². The van der Waals surface area contributed by atoms with E-state index in [-0.39, 0.29) is 36.6 Å². The molecule has 2 N–H and O–H groups in total. The Bertz CT molecular complexity index is 765. The zero-order chi connectivity index (χ0) is 19.1. The van der Waals surface area contributed by atoms with Crippen LogP contribution in [0.25, 0.3) is 0 Å². The number of phenolic OH excluding ortho intramolecular Hbond substituents is 1. The van der Waals surface area contributed by atoms with Gasteiger partial charge in [-0.3, -0.25) is 14.5 Å². The number of urea groups is 1. The van der Waals surface area contributed by atoms with Crippen molar-refractivity contribution in [1.29, 1.82) is 0 Å². The lowest BCUT2D eigenvalue weighted by atomic mass is 9.96. The van der Waals surface area contributed by atoms with Crippen LogP contribution in [0.2, 0.25) is 0 Å². The monoisotopic (exact) mass is 423 g/mol. The van der Waals surface area contributed by atoms with Crippen LogP contribution in [0.5, 0.6) is 5.75 Å². The minimum Gasteiger partial charge on any atom is -0.508 e. The Hall–Kier alpha value is -2.09. The molecule has 0 unspecified atom stereocenters. The molecule has 140 valence electrons. The van der Waals surface area contributed by atoms with E-state index in [0.29, 0.717) is 12.1 Å². The zero-order valence-electron chi connectivity index (χ0n) is 14.8. The molecular formula is C18H22BrN3O4. The molecule has 2 fully saturated rings. The lowest BCUT2D eigenvalue weighted by Gasteiger charge is -2.24. The summed E-state index contributed by atoms with van der Waals surface area (Å²) in [5.74, 6) is -0.425. The number of benzene rings is 1. The van der Waals surface area contributed by atoms with Crippen molar-refractivity contribution in [3.05, 3.63) is 28.2 Å². The summed E-state index contributed by atoms with van der Waals surface area (Å²) in [4.78, 5) is 40.1. The summed E-state index contributed by atoms with van der Waals surface area (Å²) >= 11 is 3.34. The number of carbonyl (C=O) groups excluding carboxylic acids is 3. The Labute approximate surface area is 160 Å². The maximum atomic E-state index is 12.7. The molecule has 26 heavy (non-hydrogen) atoms. The van der Waals surface area contributed by atoms with Crippen LogP contribution in [0, 0.1) is 5.92 Å². The van der Waals surface area contributed by atoms with E-state index in [2.05, 4.69) is 21.2 Å². The molecule has 0 spiro atoms. The predicted molar refractivity (Wildman–Crippen MR) is 98.3 cm³/mol. The number of likely N-dealkylation sites (N-methyl/N-ethyl adjacent to an activating group) is 1. The molecule has 1 aliphatic carbocycles. The van der Waals surface area contributed by atoms with Gasteiger partial charge in [0.25, 0.3) is 5.91 Å². The molecule has 1 aromatic carbocycles. The van der Waals surface area contributed by atoms with Gasteiger partial charge in [-0.1, -0.05) is 15.9 Å². The fourth-order valence-electron chi connectivity index (χ4n) is 3.29. The van der Waals surface area contributed by atoms with Gasteiger partial charge in [0.05, 0.1) is 0 Å². The number of rotatable bonds is 6. The SMILES string of the molecule is CCN(Cc1cc(Br)ccc1O)C(=O)CN1C(=O)N[C@](C)(C2CC2)C1=O. The number of hydrogen-bond acceptors (Lipinski definition) is 4. The minimum absolute atomic E-state index is 0.0933. The van der Waals surface area contributed by atoms with Crippen LogP contribution < -0.4 is 5.32 Å². The van der Waals surface area contributed by atoms with Crippen LogP contribution in [-0.2, 0) is 16.1 Å². The average molecular weight is 424 g/mol. The van der Waals surface area contributed by atoms with Gasteiger partial charge in [-0.15, -0.1) is 0 Å². The molecule has 2 aliphatic rings. The Kier molecular flexibility index (Phi) is 4.96. The lowest BCUT2D eigenvalue weighted by Crippen LogP contribution is -2.47. The van der Waals surface area contributed by atoms with Crippen molar-refractivity contribution in [2.75, 3.05) is 13.1 Å². The number of nitrogens with one attached hydrogen (secondary N) is 1. The van der Waals surface area contributed by atoms with Crippen molar-refractivity contribution in [3.8, 4) is 5.75 Å².